The molecule has 0 bridgehead atoms. The summed E-state index contributed by atoms with van der Waals surface area (Å²) in [6, 6.07) is 33.5. The predicted octanol–water partition coefficient (Wildman–Crippen LogP) is 3.37. The molecule has 0 saturated heterocycles. The van der Waals surface area contributed by atoms with Crippen molar-refractivity contribution in [2.75, 3.05) is 20.6 Å². The lowest BCUT2D eigenvalue weighted by molar-refractivity contribution is 0.384. The molecule has 0 spiro atoms. The van der Waals surface area contributed by atoms with E-state index in [0.29, 0.717) is 5.92 Å². The number of rotatable bonds is 6. The van der Waals surface area contributed by atoms with Gasteiger partial charge in [-0.05, 0) is 29.7 Å². The number of hydrogen-bond donors (Lipinski definition) is 0. The second-order valence-electron chi connectivity index (χ2n) is 7.72. The first-order chi connectivity index (χ1) is 13.7. The zero-order valence-electron chi connectivity index (χ0n) is 16.6. The average Bonchev–Trinajstić information content (AvgIpc) is 3.19. The molecule has 3 aromatic carbocycles. The van der Waals surface area contributed by atoms with Gasteiger partial charge in [0.05, 0.1) is 0 Å². The summed E-state index contributed by atoms with van der Waals surface area (Å²) in [7, 11) is 1.99. The van der Waals surface area contributed by atoms with Crippen molar-refractivity contribution < 1.29 is 0 Å². The normalized spacial score (nSPS) is 16.4. The summed E-state index contributed by atoms with van der Waals surface area (Å²) in [5.41, 5.74) is 0. The Labute approximate surface area is 169 Å². The van der Waals surface area contributed by atoms with Crippen LogP contribution in [0.1, 0.15) is 0 Å². The molecule has 1 unspecified atom stereocenters. The van der Waals surface area contributed by atoms with Crippen LogP contribution in [-0.2, 0) is 0 Å². The van der Waals surface area contributed by atoms with Crippen molar-refractivity contribution >= 4 is 23.6 Å². The van der Waals surface area contributed by atoms with E-state index < -0.39 is 8.07 Å². The van der Waals surface area contributed by atoms with Crippen molar-refractivity contribution in [3.8, 4) is 0 Å². The molecule has 140 valence electrons. The largest absolute Gasteiger partial charge is 0.309 e. The van der Waals surface area contributed by atoms with Gasteiger partial charge in [0, 0.05) is 12.5 Å². The molecule has 0 amide bonds. The third kappa shape index (κ3) is 3.30. The van der Waals surface area contributed by atoms with Crippen LogP contribution in [0, 0.1) is 5.92 Å². The molecule has 1 aliphatic rings. The maximum atomic E-state index is 2.40. The fraction of sp³-hybridized carbons (Fsp3) is 0.154. The van der Waals surface area contributed by atoms with Crippen molar-refractivity contribution in [3.05, 3.63) is 114 Å². The van der Waals surface area contributed by atoms with E-state index in [1.807, 2.05) is 0 Å². The Morgan fingerprint density at radius 3 is 1.50 bits per heavy atom. The van der Waals surface area contributed by atoms with Gasteiger partial charge in [0.2, 0.25) is 0 Å². The molecule has 0 fully saturated rings. The summed E-state index contributed by atoms with van der Waals surface area (Å²) in [6.45, 7) is 1.03. The van der Waals surface area contributed by atoms with Gasteiger partial charge in [0.15, 0.2) is 8.07 Å². The van der Waals surface area contributed by atoms with Crippen LogP contribution >= 0.6 is 0 Å². The number of nitrogens with zero attached hydrogens (tertiary/aromatic N) is 1. The van der Waals surface area contributed by atoms with E-state index in [1.54, 1.807) is 5.20 Å². The zero-order valence-corrected chi connectivity index (χ0v) is 17.6. The van der Waals surface area contributed by atoms with Gasteiger partial charge in [-0.25, -0.2) is 0 Å². The van der Waals surface area contributed by atoms with Crippen LogP contribution < -0.4 is 15.6 Å². The SMILES string of the molecule is CN(C)CC1C=CC=C1[Si](c1ccccc1)(c1ccccc1)c1ccccc1. The molecule has 0 N–H and O–H groups in total. The Morgan fingerprint density at radius 1 is 0.679 bits per heavy atom. The summed E-state index contributed by atoms with van der Waals surface area (Å²) in [5.74, 6) is 0.433. The Balaban J connectivity index is 2.03. The van der Waals surface area contributed by atoms with Crippen molar-refractivity contribution in [1.82, 2.24) is 4.90 Å². The number of hydrogen-bond acceptors (Lipinski definition) is 1. The summed E-state index contributed by atoms with van der Waals surface area (Å²) in [4.78, 5) is 2.30. The Kier molecular flexibility index (Phi) is 5.42. The van der Waals surface area contributed by atoms with Gasteiger partial charge in [0.1, 0.15) is 0 Å². The van der Waals surface area contributed by atoms with E-state index in [9.17, 15) is 0 Å². The molecule has 28 heavy (non-hydrogen) atoms. The van der Waals surface area contributed by atoms with E-state index in [4.69, 9.17) is 0 Å². The van der Waals surface area contributed by atoms with E-state index in [2.05, 4.69) is 128 Å². The van der Waals surface area contributed by atoms with Gasteiger partial charge in [-0.15, -0.1) is 0 Å². The second-order valence-corrected chi connectivity index (χ2v) is 11.5. The first kappa shape index (κ1) is 18.7. The van der Waals surface area contributed by atoms with Crippen molar-refractivity contribution in [3.63, 3.8) is 0 Å². The molecule has 4 rings (SSSR count). The molecule has 0 aliphatic heterocycles. The first-order valence-corrected chi connectivity index (χ1v) is 11.9. The second kappa shape index (κ2) is 8.13. The third-order valence-electron chi connectivity index (χ3n) is 5.63. The lowest BCUT2D eigenvalue weighted by Crippen LogP contribution is -2.69. The van der Waals surface area contributed by atoms with Crippen LogP contribution in [0.3, 0.4) is 0 Å². The number of allylic oxidation sites excluding steroid dienone is 2. The maximum Gasteiger partial charge on any atom is 0.176 e. The third-order valence-corrected chi connectivity index (χ3v) is 10.6. The van der Waals surface area contributed by atoms with Gasteiger partial charge < -0.3 is 4.90 Å². The fourth-order valence-corrected chi connectivity index (χ4v) is 9.71. The summed E-state index contributed by atoms with van der Waals surface area (Å²) >= 11 is 0. The Bertz CT molecular complexity index is 862. The lowest BCUT2D eigenvalue weighted by atomic mass is 10.1. The summed E-state index contributed by atoms with van der Waals surface area (Å²) < 4.78 is 0. The summed E-state index contributed by atoms with van der Waals surface area (Å²) in [6.07, 6.45) is 7.04. The van der Waals surface area contributed by atoms with Crippen molar-refractivity contribution in [1.29, 1.82) is 0 Å². The van der Waals surface area contributed by atoms with Crippen LogP contribution in [0.4, 0.5) is 0 Å². The molecule has 1 nitrogen and oxygen atoms in total. The van der Waals surface area contributed by atoms with Gasteiger partial charge in [0.25, 0.3) is 0 Å². The predicted molar refractivity (Wildman–Crippen MR) is 123 cm³/mol. The molecular weight excluding hydrogens is 354 g/mol. The smallest absolute Gasteiger partial charge is 0.176 e. The highest BCUT2D eigenvalue weighted by Gasteiger charge is 2.45. The molecule has 0 aromatic heterocycles. The quantitative estimate of drug-likeness (QED) is 0.467. The number of benzene rings is 3. The minimum absolute atomic E-state index is 0.433. The minimum Gasteiger partial charge on any atom is -0.309 e. The van der Waals surface area contributed by atoms with Crippen LogP contribution in [0.15, 0.2) is 114 Å². The van der Waals surface area contributed by atoms with Gasteiger partial charge in [-0.3, -0.25) is 0 Å². The van der Waals surface area contributed by atoms with Gasteiger partial charge in [-0.1, -0.05) is 114 Å². The average molecular weight is 382 g/mol. The molecule has 2 heteroatoms. The zero-order chi connectivity index (χ0) is 19.4. The van der Waals surface area contributed by atoms with Crippen LogP contribution in [-0.4, -0.2) is 33.6 Å². The van der Waals surface area contributed by atoms with E-state index in [-0.39, 0.29) is 0 Å². The van der Waals surface area contributed by atoms with E-state index in [0.717, 1.165) is 6.54 Å². The molecule has 0 heterocycles. The van der Waals surface area contributed by atoms with E-state index >= 15 is 0 Å². The Morgan fingerprint density at radius 2 is 1.11 bits per heavy atom. The van der Waals surface area contributed by atoms with E-state index in [1.165, 1.54) is 15.6 Å². The van der Waals surface area contributed by atoms with Crippen LogP contribution in [0.25, 0.3) is 0 Å². The topological polar surface area (TPSA) is 3.24 Å². The molecule has 3 aromatic rings. The Hall–Kier alpha value is -2.68. The lowest BCUT2D eigenvalue weighted by Gasteiger charge is -2.38. The van der Waals surface area contributed by atoms with Crippen molar-refractivity contribution in [2.45, 2.75) is 0 Å². The highest BCUT2D eigenvalue weighted by atomic mass is 28.3. The first-order valence-electron chi connectivity index (χ1n) is 9.93. The molecule has 0 saturated carbocycles. The minimum atomic E-state index is -2.35. The fourth-order valence-electron chi connectivity index (χ4n) is 4.54. The molecule has 0 radical (unpaired) electrons. The summed E-state index contributed by atoms with van der Waals surface area (Å²) in [5, 5.41) is 5.92. The molecule has 1 aliphatic carbocycles. The highest BCUT2D eigenvalue weighted by molar-refractivity contribution is 7.16. The monoisotopic (exact) mass is 381 g/mol. The van der Waals surface area contributed by atoms with Gasteiger partial charge in [-0.2, -0.15) is 0 Å². The van der Waals surface area contributed by atoms with Crippen molar-refractivity contribution in [2.24, 2.45) is 5.92 Å². The maximum absolute atomic E-state index is 2.40. The van der Waals surface area contributed by atoms with Crippen LogP contribution in [0.5, 0.6) is 0 Å². The van der Waals surface area contributed by atoms with Crippen LogP contribution in [0.2, 0.25) is 0 Å². The molecular formula is C26H27NSi. The molecule has 1 atom stereocenters. The standard InChI is InChI=1S/C26H27NSi/c1-27(2)21-22-13-12-20-26(22)28(23-14-6-3-7-15-23,24-16-8-4-9-17-24)25-18-10-5-11-19-25/h3-20,22H,21H2,1-2H3. The highest BCUT2D eigenvalue weighted by Crippen LogP contribution is 2.29. The van der Waals surface area contributed by atoms with Gasteiger partial charge >= 0.3 is 0 Å².